The summed E-state index contributed by atoms with van der Waals surface area (Å²) in [5.41, 5.74) is 2.16. The molecule has 0 saturated carbocycles. The van der Waals surface area contributed by atoms with Crippen molar-refractivity contribution in [3.05, 3.63) is 42.5 Å². The molecule has 2 aromatic rings. The van der Waals surface area contributed by atoms with Crippen molar-refractivity contribution in [2.75, 3.05) is 7.05 Å². The van der Waals surface area contributed by atoms with Crippen LogP contribution in [0.2, 0.25) is 0 Å². The number of benzene rings is 1. The van der Waals surface area contributed by atoms with Crippen LogP contribution in [0.1, 0.15) is 24.8 Å². The lowest BCUT2D eigenvalue weighted by atomic mass is 9.96. The maximum absolute atomic E-state index is 5.89. The standard InChI is InChI=1S/C17H22N6O/c1-18-17(22-15-8-14-5-6-16(15)24-14)20-9-12-3-2-4-13(7-12)23-11-19-10-21-23/h2-4,7,10-11,14-16H,5-6,8-9H2,1H3,(H2,18,20,22). The zero-order chi connectivity index (χ0) is 16.4. The smallest absolute Gasteiger partial charge is 0.191 e. The second-order valence-corrected chi connectivity index (χ2v) is 6.30. The quantitative estimate of drug-likeness (QED) is 0.653. The number of guanidine groups is 1. The van der Waals surface area contributed by atoms with Gasteiger partial charge in [0.1, 0.15) is 12.7 Å². The Bertz CT molecular complexity index is 714. The molecule has 7 nitrogen and oxygen atoms in total. The van der Waals surface area contributed by atoms with Crippen molar-refractivity contribution in [2.24, 2.45) is 4.99 Å². The van der Waals surface area contributed by atoms with Gasteiger partial charge in [0.2, 0.25) is 0 Å². The molecule has 1 aromatic carbocycles. The largest absolute Gasteiger partial charge is 0.373 e. The Hall–Kier alpha value is -2.41. The molecule has 0 amide bonds. The lowest BCUT2D eigenvalue weighted by Gasteiger charge is -2.22. The van der Waals surface area contributed by atoms with Gasteiger partial charge in [-0.05, 0) is 37.0 Å². The van der Waals surface area contributed by atoms with Gasteiger partial charge >= 0.3 is 0 Å². The maximum atomic E-state index is 5.89. The first kappa shape index (κ1) is 15.1. The van der Waals surface area contributed by atoms with Gasteiger partial charge in [0.15, 0.2) is 5.96 Å². The van der Waals surface area contributed by atoms with Crippen LogP contribution in [0.3, 0.4) is 0 Å². The minimum Gasteiger partial charge on any atom is -0.373 e. The summed E-state index contributed by atoms with van der Waals surface area (Å²) in [5.74, 6) is 0.822. The highest BCUT2D eigenvalue weighted by Gasteiger charge is 2.41. The van der Waals surface area contributed by atoms with E-state index in [-0.39, 0.29) is 0 Å². The Kier molecular flexibility index (Phi) is 4.17. The average Bonchev–Trinajstić information content (AvgIpc) is 3.36. The van der Waals surface area contributed by atoms with Crippen LogP contribution in [0.25, 0.3) is 5.69 Å². The summed E-state index contributed by atoms with van der Waals surface area (Å²) in [4.78, 5) is 8.32. The highest BCUT2D eigenvalue weighted by atomic mass is 16.5. The van der Waals surface area contributed by atoms with Gasteiger partial charge in [-0.1, -0.05) is 12.1 Å². The van der Waals surface area contributed by atoms with Gasteiger partial charge in [0, 0.05) is 13.6 Å². The Balaban J connectivity index is 1.36. The molecule has 2 fully saturated rings. The highest BCUT2D eigenvalue weighted by molar-refractivity contribution is 5.80. The number of hydrogen-bond donors (Lipinski definition) is 2. The predicted octanol–water partition coefficient (Wildman–Crippen LogP) is 1.25. The Morgan fingerprint density at radius 3 is 3.08 bits per heavy atom. The van der Waals surface area contributed by atoms with Crippen molar-refractivity contribution in [3.8, 4) is 5.69 Å². The fourth-order valence-electron chi connectivity index (χ4n) is 3.50. The first-order valence-corrected chi connectivity index (χ1v) is 8.38. The number of hydrogen-bond acceptors (Lipinski definition) is 4. The average molecular weight is 326 g/mol. The number of aromatic nitrogens is 3. The van der Waals surface area contributed by atoms with Crippen molar-refractivity contribution in [1.82, 2.24) is 25.4 Å². The van der Waals surface area contributed by atoms with E-state index in [4.69, 9.17) is 4.74 Å². The molecule has 2 bridgehead atoms. The van der Waals surface area contributed by atoms with Crippen LogP contribution in [0.4, 0.5) is 0 Å². The Labute approximate surface area is 141 Å². The maximum Gasteiger partial charge on any atom is 0.191 e. The van der Waals surface area contributed by atoms with Crippen molar-refractivity contribution >= 4 is 5.96 Å². The third-order valence-corrected chi connectivity index (χ3v) is 4.71. The summed E-state index contributed by atoms with van der Waals surface area (Å²) in [6.07, 6.45) is 7.43. The number of rotatable bonds is 4. The molecule has 1 aromatic heterocycles. The normalized spacial score (nSPS) is 25.9. The van der Waals surface area contributed by atoms with Gasteiger partial charge in [0.25, 0.3) is 0 Å². The van der Waals surface area contributed by atoms with Gasteiger partial charge in [-0.15, -0.1) is 0 Å². The summed E-state index contributed by atoms with van der Waals surface area (Å²) < 4.78 is 7.64. The zero-order valence-electron chi connectivity index (χ0n) is 13.7. The number of nitrogens with zero attached hydrogens (tertiary/aromatic N) is 4. The minimum atomic E-state index is 0.337. The van der Waals surface area contributed by atoms with Crippen LogP contribution in [0.5, 0.6) is 0 Å². The van der Waals surface area contributed by atoms with E-state index in [9.17, 15) is 0 Å². The highest BCUT2D eigenvalue weighted by Crippen LogP contribution is 2.34. The molecule has 3 unspecified atom stereocenters. The molecule has 2 aliphatic heterocycles. The third-order valence-electron chi connectivity index (χ3n) is 4.71. The van der Waals surface area contributed by atoms with Gasteiger partial charge in [-0.3, -0.25) is 4.99 Å². The summed E-state index contributed by atoms with van der Waals surface area (Å²) in [7, 11) is 1.80. The summed E-state index contributed by atoms with van der Waals surface area (Å²) in [6, 6.07) is 8.58. The van der Waals surface area contributed by atoms with E-state index < -0.39 is 0 Å². The van der Waals surface area contributed by atoms with Crippen LogP contribution < -0.4 is 10.6 Å². The lowest BCUT2D eigenvalue weighted by Crippen LogP contribution is -2.47. The van der Waals surface area contributed by atoms with Gasteiger partial charge in [-0.25, -0.2) is 9.67 Å². The topological polar surface area (TPSA) is 76.4 Å². The first-order valence-electron chi connectivity index (χ1n) is 8.38. The number of aliphatic imine (C=N–C) groups is 1. The number of ether oxygens (including phenoxy) is 1. The monoisotopic (exact) mass is 326 g/mol. The van der Waals surface area contributed by atoms with Crippen molar-refractivity contribution < 1.29 is 4.74 Å². The molecule has 7 heteroatoms. The van der Waals surface area contributed by atoms with E-state index in [1.165, 1.54) is 12.7 Å². The summed E-state index contributed by atoms with van der Waals surface area (Å²) in [6.45, 7) is 0.698. The molecule has 3 atom stereocenters. The number of fused-ring (bicyclic) bond motifs is 2. The molecule has 0 spiro atoms. The first-order chi connectivity index (χ1) is 11.8. The minimum absolute atomic E-state index is 0.337. The van der Waals surface area contributed by atoms with E-state index >= 15 is 0 Å². The SMILES string of the molecule is CN=C(NCc1cccc(-n2cncn2)c1)NC1CC2CCC1O2. The Morgan fingerprint density at radius 2 is 2.38 bits per heavy atom. The molecule has 24 heavy (non-hydrogen) atoms. The molecular weight excluding hydrogens is 304 g/mol. The van der Waals surface area contributed by atoms with Gasteiger partial charge < -0.3 is 15.4 Å². The molecule has 4 rings (SSSR count). The molecule has 0 radical (unpaired) electrons. The molecule has 2 aliphatic rings. The summed E-state index contributed by atoms with van der Waals surface area (Å²) in [5, 5.41) is 11.0. The molecule has 2 N–H and O–H groups in total. The van der Waals surface area contributed by atoms with E-state index in [0.717, 1.165) is 30.1 Å². The van der Waals surface area contributed by atoms with E-state index in [1.54, 1.807) is 18.1 Å². The third kappa shape index (κ3) is 3.12. The van der Waals surface area contributed by atoms with Crippen molar-refractivity contribution in [2.45, 2.75) is 44.1 Å². The van der Waals surface area contributed by atoms with Crippen LogP contribution in [-0.4, -0.2) is 46.0 Å². The van der Waals surface area contributed by atoms with Crippen LogP contribution in [0, 0.1) is 0 Å². The molecule has 0 aliphatic carbocycles. The van der Waals surface area contributed by atoms with Crippen LogP contribution in [-0.2, 0) is 11.3 Å². The fourth-order valence-corrected chi connectivity index (χ4v) is 3.50. The van der Waals surface area contributed by atoms with Crippen LogP contribution >= 0.6 is 0 Å². The summed E-state index contributed by atoms with van der Waals surface area (Å²) >= 11 is 0. The Morgan fingerprint density at radius 1 is 1.42 bits per heavy atom. The van der Waals surface area contributed by atoms with Crippen molar-refractivity contribution in [3.63, 3.8) is 0 Å². The molecule has 126 valence electrons. The predicted molar refractivity (Wildman–Crippen MR) is 91.0 cm³/mol. The molecule has 2 saturated heterocycles. The lowest BCUT2D eigenvalue weighted by molar-refractivity contribution is 0.0992. The van der Waals surface area contributed by atoms with E-state index in [2.05, 4.69) is 37.8 Å². The second kappa shape index (κ2) is 6.60. The van der Waals surface area contributed by atoms with E-state index in [1.807, 2.05) is 12.1 Å². The molecular formula is C17H22N6O. The molecule has 3 heterocycles. The number of nitrogens with one attached hydrogen (secondary N) is 2. The second-order valence-electron chi connectivity index (χ2n) is 6.30. The zero-order valence-corrected chi connectivity index (χ0v) is 13.7. The van der Waals surface area contributed by atoms with Gasteiger partial charge in [0.05, 0.1) is 23.9 Å². The van der Waals surface area contributed by atoms with Gasteiger partial charge in [-0.2, -0.15) is 5.10 Å². The van der Waals surface area contributed by atoms with Crippen LogP contribution in [0.15, 0.2) is 41.9 Å². The van der Waals surface area contributed by atoms with E-state index in [0.29, 0.717) is 24.8 Å². The van der Waals surface area contributed by atoms with Crippen molar-refractivity contribution in [1.29, 1.82) is 0 Å². The fraction of sp³-hybridized carbons (Fsp3) is 0.471.